The molecule has 1 nitrogen and oxygen atoms in total. The second-order valence-electron chi connectivity index (χ2n) is 2.70. The van der Waals surface area contributed by atoms with E-state index in [1.54, 1.807) is 0 Å². The lowest BCUT2D eigenvalue weighted by Gasteiger charge is -2.21. The van der Waals surface area contributed by atoms with Gasteiger partial charge in [0.25, 0.3) is 0 Å². The lowest BCUT2D eigenvalue weighted by atomic mass is 10.1. The van der Waals surface area contributed by atoms with Gasteiger partial charge < -0.3 is 5.11 Å². The summed E-state index contributed by atoms with van der Waals surface area (Å²) in [7, 11) is 0. The molecule has 1 N–H and O–H groups in total. The smallest absolute Gasteiger partial charge is 0.220 e. The van der Waals surface area contributed by atoms with Crippen LogP contribution in [0.2, 0.25) is 15.1 Å². The molecule has 1 aromatic carbocycles. The Morgan fingerprint density at radius 3 is 1.93 bits per heavy atom. The zero-order valence-corrected chi connectivity index (χ0v) is 11.5. The summed E-state index contributed by atoms with van der Waals surface area (Å²) in [5, 5.41) is 10.2. The van der Waals surface area contributed by atoms with Crippen LogP contribution in [0.25, 0.3) is 0 Å². The summed E-state index contributed by atoms with van der Waals surface area (Å²) in [5.74, 6) is 0. The first-order valence-electron chi connectivity index (χ1n) is 3.63. The van der Waals surface area contributed by atoms with E-state index in [9.17, 15) is 5.11 Å². The third-order valence-electron chi connectivity index (χ3n) is 1.66. The summed E-state index contributed by atoms with van der Waals surface area (Å²) in [5.41, 5.74) is 0.103. The fraction of sp³-hybridized carbons (Fsp3) is 0.250. The van der Waals surface area contributed by atoms with Crippen molar-refractivity contribution in [2.24, 2.45) is 0 Å². The Kier molecular flexibility index (Phi) is 4.71. The lowest BCUT2D eigenvalue weighted by Crippen LogP contribution is -2.17. The van der Waals surface area contributed by atoms with Gasteiger partial charge in [0.2, 0.25) is 3.79 Å². The van der Waals surface area contributed by atoms with Crippen molar-refractivity contribution in [3.8, 4) is 0 Å². The van der Waals surface area contributed by atoms with Gasteiger partial charge in [0, 0.05) is 10.6 Å². The van der Waals surface area contributed by atoms with Crippen LogP contribution in [0.5, 0.6) is 0 Å². The first kappa shape index (κ1) is 14.0. The maximum absolute atomic E-state index is 9.72. The van der Waals surface area contributed by atoms with Crippen LogP contribution in [0, 0.1) is 0 Å². The van der Waals surface area contributed by atoms with Crippen LogP contribution in [-0.4, -0.2) is 8.90 Å². The van der Waals surface area contributed by atoms with Crippen LogP contribution < -0.4 is 0 Å². The molecule has 0 aliphatic carbocycles. The number of alkyl halides is 3. The molecular formula is C8H4Cl6O. The molecule has 0 aliphatic heterocycles. The SMILES string of the molecule is OC(c1c(Cl)ccc(Cl)c1Cl)C(Cl)(Cl)Cl. The van der Waals surface area contributed by atoms with Crippen molar-refractivity contribution in [2.75, 3.05) is 0 Å². The lowest BCUT2D eigenvalue weighted by molar-refractivity contribution is 0.182. The monoisotopic (exact) mass is 326 g/mol. The number of aliphatic hydroxyl groups is 1. The molecule has 0 amide bonds. The Labute approximate surface area is 117 Å². The molecule has 1 unspecified atom stereocenters. The molecule has 0 radical (unpaired) electrons. The van der Waals surface area contributed by atoms with E-state index in [0.29, 0.717) is 0 Å². The third kappa shape index (κ3) is 3.19. The minimum atomic E-state index is -1.92. The Morgan fingerprint density at radius 1 is 1.00 bits per heavy atom. The van der Waals surface area contributed by atoms with E-state index in [1.807, 2.05) is 0 Å². The summed E-state index contributed by atoms with van der Waals surface area (Å²) in [6.45, 7) is 0. The maximum atomic E-state index is 9.72. The molecule has 84 valence electrons. The molecule has 1 rings (SSSR count). The summed E-state index contributed by atoms with van der Waals surface area (Å²) >= 11 is 34.0. The van der Waals surface area contributed by atoms with E-state index in [2.05, 4.69) is 0 Å². The van der Waals surface area contributed by atoms with E-state index < -0.39 is 9.90 Å². The van der Waals surface area contributed by atoms with Crippen molar-refractivity contribution in [1.29, 1.82) is 0 Å². The molecule has 0 aromatic heterocycles. The highest BCUT2D eigenvalue weighted by molar-refractivity contribution is 6.68. The number of hydrogen-bond acceptors (Lipinski definition) is 1. The average molecular weight is 329 g/mol. The second kappa shape index (κ2) is 5.05. The number of benzene rings is 1. The predicted octanol–water partition coefficient (Wildman–Crippen LogP) is 5.05. The van der Waals surface area contributed by atoms with Gasteiger partial charge in [-0.15, -0.1) is 0 Å². The average Bonchev–Trinajstić information content (AvgIpc) is 2.10. The fourth-order valence-electron chi connectivity index (χ4n) is 0.957. The zero-order valence-electron chi connectivity index (χ0n) is 6.95. The van der Waals surface area contributed by atoms with Gasteiger partial charge in [0.15, 0.2) is 0 Å². The highest BCUT2D eigenvalue weighted by atomic mass is 35.6. The van der Waals surface area contributed by atoms with Gasteiger partial charge in [-0.3, -0.25) is 0 Å². The second-order valence-corrected chi connectivity index (χ2v) is 6.26. The van der Waals surface area contributed by atoms with E-state index in [1.165, 1.54) is 12.1 Å². The molecule has 0 saturated heterocycles. The van der Waals surface area contributed by atoms with E-state index in [0.717, 1.165) is 0 Å². The number of halogens is 6. The molecule has 0 bridgehead atoms. The van der Waals surface area contributed by atoms with Crippen molar-refractivity contribution in [1.82, 2.24) is 0 Å². The number of hydrogen-bond donors (Lipinski definition) is 1. The van der Waals surface area contributed by atoms with Crippen LogP contribution in [0.4, 0.5) is 0 Å². The summed E-state index contributed by atoms with van der Waals surface area (Å²) in [4.78, 5) is 0. The Balaban J connectivity index is 3.31. The van der Waals surface area contributed by atoms with Gasteiger partial charge in [-0.05, 0) is 12.1 Å². The fourth-order valence-corrected chi connectivity index (χ4v) is 2.03. The molecule has 15 heavy (non-hydrogen) atoms. The van der Waals surface area contributed by atoms with Crippen LogP contribution in [0.15, 0.2) is 12.1 Å². The number of aliphatic hydroxyl groups excluding tert-OH is 1. The van der Waals surface area contributed by atoms with Crippen LogP contribution in [0.1, 0.15) is 11.7 Å². The van der Waals surface area contributed by atoms with Crippen molar-refractivity contribution in [3.63, 3.8) is 0 Å². The highest BCUT2D eigenvalue weighted by Crippen LogP contribution is 2.45. The van der Waals surface area contributed by atoms with Gasteiger partial charge in [-0.1, -0.05) is 69.6 Å². The summed E-state index contributed by atoms with van der Waals surface area (Å²) < 4.78 is -1.92. The largest absolute Gasteiger partial charge is 0.384 e. The van der Waals surface area contributed by atoms with E-state index in [4.69, 9.17) is 69.6 Å². The molecule has 1 aromatic rings. The Hall–Kier alpha value is 0.920. The molecule has 0 fully saturated rings. The summed E-state index contributed by atoms with van der Waals surface area (Å²) in [6, 6.07) is 2.95. The van der Waals surface area contributed by atoms with Crippen molar-refractivity contribution in [3.05, 3.63) is 32.8 Å². The molecule has 0 spiro atoms. The van der Waals surface area contributed by atoms with Crippen molar-refractivity contribution < 1.29 is 5.11 Å². The molecular weight excluding hydrogens is 325 g/mol. The van der Waals surface area contributed by atoms with Crippen molar-refractivity contribution in [2.45, 2.75) is 9.90 Å². The van der Waals surface area contributed by atoms with Gasteiger partial charge in [0.05, 0.1) is 10.0 Å². The van der Waals surface area contributed by atoms with Gasteiger partial charge in [-0.2, -0.15) is 0 Å². The molecule has 7 heteroatoms. The van der Waals surface area contributed by atoms with E-state index in [-0.39, 0.29) is 20.6 Å². The standard InChI is InChI=1S/C8H4Cl6O/c9-3-1-2-4(10)6(11)5(3)7(15)8(12,13)14/h1-2,7,15H. The van der Waals surface area contributed by atoms with Gasteiger partial charge in [0.1, 0.15) is 6.10 Å². The first-order valence-corrected chi connectivity index (χ1v) is 5.90. The van der Waals surface area contributed by atoms with Crippen molar-refractivity contribution >= 4 is 69.6 Å². The minimum Gasteiger partial charge on any atom is -0.384 e. The molecule has 1 atom stereocenters. The molecule has 0 saturated carbocycles. The molecule has 0 heterocycles. The van der Waals surface area contributed by atoms with Crippen LogP contribution in [-0.2, 0) is 0 Å². The first-order chi connectivity index (χ1) is 6.75. The van der Waals surface area contributed by atoms with Gasteiger partial charge in [-0.25, -0.2) is 0 Å². The normalized spacial score (nSPS) is 14.1. The summed E-state index contributed by atoms with van der Waals surface area (Å²) in [6.07, 6.45) is -1.44. The maximum Gasteiger partial charge on any atom is 0.220 e. The Morgan fingerprint density at radius 2 is 1.47 bits per heavy atom. The quantitative estimate of drug-likeness (QED) is 0.565. The highest BCUT2D eigenvalue weighted by Gasteiger charge is 2.35. The topological polar surface area (TPSA) is 20.2 Å². The van der Waals surface area contributed by atoms with Gasteiger partial charge >= 0.3 is 0 Å². The minimum absolute atomic E-state index is 0.0722. The third-order valence-corrected chi connectivity index (χ3v) is 3.43. The van der Waals surface area contributed by atoms with Crippen LogP contribution >= 0.6 is 69.6 Å². The zero-order chi connectivity index (χ0) is 11.8. The Bertz CT molecular complexity index is 372. The van der Waals surface area contributed by atoms with E-state index >= 15 is 0 Å². The predicted molar refractivity (Wildman–Crippen MR) is 66.7 cm³/mol. The number of rotatable bonds is 1. The molecule has 0 aliphatic rings. The van der Waals surface area contributed by atoms with Crippen LogP contribution in [0.3, 0.4) is 0 Å².